The van der Waals surface area contributed by atoms with E-state index in [-0.39, 0.29) is 54.0 Å². The average molecular weight is 729 g/mol. The molecule has 0 spiro atoms. The molecule has 2 fully saturated rings. The number of esters is 1. The zero-order valence-corrected chi connectivity index (χ0v) is 31.4. The van der Waals surface area contributed by atoms with Crippen LogP contribution in [0.15, 0.2) is 54.7 Å². The molecule has 2 aromatic carbocycles. The average Bonchev–Trinajstić information content (AvgIpc) is 3.94. The van der Waals surface area contributed by atoms with Crippen molar-refractivity contribution in [3.05, 3.63) is 60.6 Å². The van der Waals surface area contributed by atoms with E-state index in [9.17, 15) is 24.0 Å². The lowest BCUT2D eigenvalue weighted by Gasteiger charge is -2.30. The minimum absolute atomic E-state index is 0.00428. The fraction of sp³-hybridized carbons (Fsp3) is 0.500. The van der Waals surface area contributed by atoms with Crippen LogP contribution in [0.1, 0.15) is 78.1 Å². The number of aromatic amines is 1. The van der Waals surface area contributed by atoms with E-state index >= 15 is 0 Å². The van der Waals surface area contributed by atoms with Crippen molar-refractivity contribution in [3.8, 4) is 22.4 Å². The highest BCUT2D eigenvalue weighted by Gasteiger charge is 2.38. The number of amides is 4. The van der Waals surface area contributed by atoms with Gasteiger partial charge in [-0.2, -0.15) is 0 Å². The van der Waals surface area contributed by atoms with Gasteiger partial charge in [0.15, 0.2) is 0 Å². The highest BCUT2D eigenvalue weighted by Crippen LogP contribution is 2.34. The van der Waals surface area contributed by atoms with Gasteiger partial charge in [0.25, 0.3) is 0 Å². The van der Waals surface area contributed by atoms with E-state index in [0.29, 0.717) is 30.9 Å². The van der Waals surface area contributed by atoms with Crippen LogP contribution in [-0.4, -0.2) is 77.5 Å². The molecule has 1 saturated carbocycles. The van der Waals surface area contributed by atoms with E-state index in [1.807, 2.05) is 76.2 Å². The Balaban J connectivity index is 1.19. The summed E-state index contributed by atoms with van der Waals surface area (Å²) in [5.41, 5.74) is 4.44. The van der Waals surface area contributed by atoms with E-state index in [0.717, 1.165) is 41.6 Å². The van der Waals surface area contributed by atoms with Gasteiger partial charge in [-0.1, -0.05) is 70.5 Å². The molecule has 0 unspecified atom stereocenters. The van der Waals surface area contributed by atoms with Gasteiger partial charge in [-0.25, -0.2) is 9.78 Å². The molecule has 2 aliphatic rings. The second-order valence-electron chi connectivity index (χ2n) is 14.7. The minimum atomic E-state index is -0.696. The highest BCUT2D eigenvalue weighted by atomic mass is 16.5. The van der Waals surface area contributed by atoms with Gasteiger partial charge in [0.2, 0.25) is 17.7 Å². The normalized spacial score (nSPS) is 19.5. The molecule has 13 nitrogen and oxygen atoms in total. The predicted octanol–water partition coefficient (Wildman–Crippen LogP) is 5.85. The number of methoxy groups -OCH3 is 2. The van der Waals surface area contributed by atoms with Crippen molar-refractivity contribution in [1.29, 1.82) is 0 Å². The number of alkyl carbamates (subject to hydrolysis) is 1. The molecule has 2 heterocycles. The quantitative estimate of drug-likeness (QED) is 0.159. The van der Waals surface area contributed by atoms with Crippen LogP contribution in [0.3, 0.4) is 0 Å². The summed E-state index contributed by atoms with van der Waals surface area (Å²) in [6.45, 7) is 8.16. The summed E-state index contributed by atoms with van der Waals surface area (Å²) >= 11 is 0. The fourth-order valence-corrected chi connectivity index (χ4v) is 7.30. The lowest BCUT2D eigenvalue weighted by molar-refractivity contribution is -0.145. The van der Waals surface area contributed by atoms with Crippen molar-refractivity contribution in [2.24, 2.45) is 23.7 Å². The predicted molar refractivity (Wildman–Crippen MR) is 200 cm³/mol. The summed E-state index contributed by atoms with van der Waals surface area (Å²) in [6.07, 6.45) is 4.96. The summed E-state index contributed by atoms with van der Waals surface area (Å²) < 4.78 is 9.51. The molecule has 5 atom stereocenters. The highest BCUT2D eigenvalue weighted by molar-refractivity contribution is 5.94. The van der Waals surface area contributed by atoms with Gasteiger partial charge in [0, 0.05) is 18.3 Å². The number of likely N-dealkylation sites (tertiary alicyclic amines) is 1. The Bertz CT molecular complexity index is 1750. The Morgan fingerprint density at radius 2 is 1.51 bits per heavy atom. The molecule has 53 heavy (non-hydrogen) atoms. The number of nitrogens with zero attached hydrogens (tertiary/aromatic N) is 2. The molecule has 0 radical (unpaired) electrons. The molecule has 0 bridgehead atoms. The van der Waals surface area contributed by atoms with Gasteiger partial charge in [-0.15, -0.1) is 0 Å². The summed E-state index contributed by atoms with van der Waals surface area (Å²) in [6, 6.07) is 14.5. The molecule has 4 amide bonds. The molecular weight excluding hydrogens is 676 g/mol. The van der Waals surface area contributed by atoms with Crippen molar-refractivity contribution in [2.45, 2.75) is 84.3 Å². The molecular formula is C40H52N6O7. The molecule has 4 N–H and O–H groups in total. The van der Waals surface area contributed by atoms with E-state index in [2.05, 4.69) is 25.9 Å². The maximum atomic E-state index is 13.5. The number of H-pyrrole nitrogens is 1. The third kappa shape index (κ3) is 9.43. The minimum Gasteiger partial charge on any atom is -0.469 e. The van der Waals surface area contributed by atoms with Crippen LogP contribution in [0.5, 0.6) is 0 Å². The fourth-order valence-electron chi connectivity index (χ4n) is 7.30. The van der Waals surface area contributed by atoms with Gasteiger partial charge in [0.1, 0.15) is 11.9 Å². The Morgan fingerprint density at radius 3 is 2.13 bits per heavy atom. The van der Waals surface area contributed by atoms with Gasteiger partial charge < -0.3 is 35.3 Å². The van der Waals surface area contributed by atoms with Gasteiger partial charge in [-0.05, 0) is 66.3 Å². The van der Waals surface area contributed by atoms with Crippen LogP contribution in [0, 0.1) is 23.7 Å². The Kier molecular flexibility index (Phi) is 12.9. The first-order valence-corrected chi connectivity index (χ1v) is 18.5. The van der Waals surface area contributed by atoms with Crippen molar-refractivity contribution in [3.63, 3.8) is 0 Å². The van der Waals surface area contributed by atoms with Crippen molar-refractivity contribution in [1.82, 2.24) is 25.5 Å². The molecule has 1 aromatic heterocycles. The number of carbonyl (C=O) groups is 5. The lowest BCUT2D eigenvalue weighted by Crippen LogP contribution is -2.51. The zero-order valence-electron chi connectivity index (χ0n) is 31.4. The van der Waals surface area contributed by atoms with E-state index in [4.69, 9.17) is 9.47 Å². The summed E-state index contributed by atoms with van der Waals surface area (Å²) in [7, 11) is 2.59. The molecule has 1 aliphatic carbocycles. The largest absolute Gasteiger partial charge is 0.469 e. The Morgan fingerprint density at radius 1 is 0.849 bits per heavy atom. The first kappa shape index (κ1) is 39.0. The Hall–Kier alpha value is -5.20. The van der Waals surface area contributed by atoms with Gasteiger partial charge in [-0.3, -0.25) is 19.2 Å². The van der Waals surface area contributed by atoms with Crippen molar-refractivity contribution >= 4 is 35.5 Å². The monoisotopic (exact) mass is 728 g/mol. The van der Waals surface area contributed by atoms with Crippen LogP contribution in [0.4, 0.5) is 10.5 Å². The summed E-state index contributed by atoms with van der Waals surface area (Å²) in [5, 5.41) is 8.75. The number of hydrogen-bond donors (Lipinski definition) is 4. The van der Waals surface area contributed by atoms with Crippen LogP contribution in [0.25, 0.3) is 22.4 Å². The smallest absolute Gasteiger partial charge is 0.407 e. The first-order chi connectivity index (χ1) is 25.4. The molecule has 5 rings (SSSR count). The number of carbonyl (C=O) groups excluding carboxylic acids is 5. The van der Waals surface area contributed by atoms with Crippen LogP contribution < -0.4 is 16.0 Å². The number of benzene rings is 2. The number of imidazole rings is 1. The van der Waals surface area contributed by atoms with Crippen LogP contribution >= 0.6 is 0 Å². The third-order valence-electron chi connectivity index (χ3n) is 10.5. The van der Waals surface area contributed by atoms with Crippen LogP contribution in [-0.2, 0) is 28.7 Å². The third-order valence-corrected chi connectivity index (χ3v) is 10.5. The number of rotatable bonds is 13. The van der Waals surface area contributed by atoms with E-state index in [1.54, 1.807) is 11.1 Å². The number of hydrogen-bond acceptors (Lipinski definition) is 8. The number of ether oxygens (including phenoxy) is 2. The molecule has 3 aromatic rings. The summed E-state index contributed by atoms with van der Waals surface area (Å²) in [5.74, 6) is -1.29. The maximum Gasteiger partial charge on any atom is 0.407 e. The zero-order chi connectivity index (χ0) is 38.2. The SMILES string of the molecule is COC(=O)C[C@H](C(=O)N[C@H]1CCC[C@@H]1C(=O)Nc1ccc(-c2ccc(-c3cnc([C@@H]4CCCN4C(=O)[C@@H](NC(=O)OC)C(C)C)[nH]3)cc2)cc1)C(C)C. The molecule has 1 aliphatic heterocycles. The number of anilines is 1. The topological polar surface area (TPSA) is 172 Å². The first-order valence-electron chi connectivity index (χ1n) is 18.5. The summed E-state index contributed by atoms with van der Waals surface area (Å²) in [4.78, 5) is 73.5. The van der Waals surface area contributed by atoms with Gasteiger partial charge in [0.05, 0.1) is 50.4 Å². The van der Waals surface area contributed by atoms with Crippen molar-refractivity contribution in [2.75, 3.05) is 26.1 Å². The van der Waals surface area contributed by atoms with Gasteiger partial charge >= 0.3 is 12.1 Å². The lowest BCUT2D eigenvalue weighted by atomic mass is 9.90. The number of nitrogens with one attached hydrogen (secondary N) is 4. The Labute approximate surface area is 311 Å². The molecule has 1 saturated heterocycles. The number of aromatic nitrogens is 2. The van der Waals surface area contributed by atoms with Crippen molar-refractivity contribution < 1.29 is 33.4 Å². The second kappa shape index (κ2) is 17.5. The standard InChI is InChI=1S/C40H52N6O7/c1-23(2)30(21-34(47)52-5)38(49)44-31-10-7-9-29(31)37(48)42-28-18-16-26(17-19-28)25-12-14-27(15-13-25)32-22-41-36(43-32)33-11-8-20-46(33)39(50)35(24(3)4)45-40(51)53-6/h12-19,22-24,29-31,33,35H,7-11,20-21H2,1-6H3,(H,41,43)(H,42,48)(H,44,49)(H,45,51)/t29-,30-,31-,33-,35-/m0/s1. The van der Waals surface area contributed by atoms with E-state index in [1.165, 1.54) is 14.2 Å². The second-order valence-corrected chi connectivity index (χ2v) is 14.7. The molecule has 13 heteroatoms. The molecule has 284 valence electrons. The van der Waals surface area contributed by atoms with E-state index < -0.39 is 24.0 Å². The maximum absolute atomic E-state index is 13.5. The van der Waals surface area contributed by atoms with Crippen LogP contribution in [0.2, 0.25) is 0 Å².